The number of ether oxygens (including phenoxy) is 1. The number of pyridine rings is 1. The van der Waals surface area contributed by atoms with E-state index in [1.807, 2.05) is 18.2 Å². The highest BCUT2D eigenvalue weighted by molar-refractivity contribution is 5.03. The molecule has 0 bridgehead atoms. The van der Waals surface area contributed by atoms with E-state index in [1.165, 1.54) is 0 Å². The number of aromatic nitrogens is 3. The van der Waals surface area contributed by atoms with E-state index in [0.29, 0.717) is 24.9 Å². The Morgan fingerprint density at radius 1 is 1.26 bits per heavy atom. The van der Waals surface area contributed by atoms with E-state index in [1.54, 1.807) is 20.2 Å². The molecule has 0 radical (unpaired) electrons. The monoisotopic (exact) mass is 262 g/mol. The summed E-state index contributed by atoms with van der Waals surface area (Å²) in [6.07, 6.45) is 1.79. The van der Waals surface area contributed by atoms with Crippen LogP contribution in [-0.4, -0.2) is 40.3 Å². The molecule has 0 unspecified atom stereocenters. The first-order valence-electron chi connectivity index (χ1n) is 6.18. The fourth-order valence-corrected chi connectivity index (χ4v) is 1.75. The van der Waals surface area contributed by atoms with Gasteiger partial charge < -0.3 is 9.15 Å². The Labute approximate surface area is 112 Å². The number of hydrogen-bond acceptors (Lipinski definition) is 6. The quantitative estimate of drug-likeness (QED) is 0.752. The lowest BCUT2D eigenvalue weighted by Gasteiger charge is -2.19. The van der Waals surface area contributed by atoms with E-state index in [2.05, 4.69) is 20.1 Å². The number of nitrogens with zero attached hydrogens (tertiary/aromatic N) is 4. The number of methoxy groups -OCH3 is 1. The Kier molecular flexibility index (Phi) is 5.00. The second-order valence-corrected chi connectivity index (χ2v) is 4.24. The molecule has 0 atom stereocenters. The fourth-order valence-electron chi connectivity index (χ4n) is 1.75. The first kappa shape index (κ1) is 13.6. The molecule has 0 aliphatic carbocycles. The molecule has 0 amide bonds. The second-order valence-electron chi connectivity index (χ2n) is 4.24. The molecule has 0 N–H and O–H groups in total. The van der Waals surface area contributed by atoms with Crippen molar-refractivity contribution in [2.75, 3.05) is 20.3 Å². The standard InChI is InChI=1S/C13H18N4O2/c1-11-15-16-13(19-11)10-17(7-8-18-2)9-12-5-3-4-6-14-12/h3-6H,7-10H2,1-2H3. The van der Waals surface area contributed by atoms with Gasteiger partial charge in [0.1, 0.15) is 0 Å². The molecule has 0 aliphatic rings. The summed E-state index contributed by atoms with van der Waals surface area (Å²) in [5.41, 5.74) is 1.01. The van der Waals surface area contributed by atoms with Crippen LogP contribution in [0.15, 0.2) is 28.8 Å². The van der Waals surface area contributed by atoms with E-state index in [-0.39, 0.29) is 0 Å². The Bertz CT molecular complexity index is 486. The minimum Gasteiger partial charge on any atom is -0.424 e. The van der Waals surface area contributed by atoms with Crippen LogP contribution in [0, 0.1) is 6.92 Å². The molecule has 0 aliphatic heterocycles. The van der Waals surface area contributed by atoms with Gasteiger partial charge in [0.15, 0.2) is 0 Å². The van der Waals surface area contributed by atoms with Gasteiger partial charge in [-0.25, -0.2) is 0 Å². The molecule has 2 rings (SSSR count). The van der Waals surface area contributed by atoms with Crippen LogP contribution in [0.4, 0.5) is 0 Å². The van der Waals surface area contributed by atoms with Crippen LogP contribution in [0.1, 0.15) is 17.5 Å². The molecule has 0 aromatic carbocycles. The Hall–Kier alpha value is -1.79. The van der Waals surface area contributed by atoms with Crippen LogP contribution >= 0.6 is 0 Å². The van der Waals surface area contributed by atoms with E-state index >= 15 is 0 Å². The van der Waals surface area contributed by atoms with Crippen molar-refractivity contribution < 1.29 is 9.15 Å². The van der Waals surface area contributed by atoms with Crippen molar-refractivity contribution in [1.82, 2.24) is 20.1 Å². The summed E-state index contributed by atoms with van der Waals surface area (Å²) < 4.78 is 10.5. The molecular weight excluding hydrogens is 244 g/mol. The first-order chi connectivity index (χ1) is 9.28. The Morgan fingerprint density at radius 3 is 2.79 bits per heavy atom. The second kappa shape index (κ2) is 6.96. The van der Waals surface area contributed by atoms with Crippen LogP contribution in [0.3, 0.4) is 0 Å². The first-order valence-corrected chi connectivity index (χ1v) is 6.18. The molecule has 2 heterocycles. The van der Waals surface area contributed by atoms with Crippen molar-refractivity contribution in [2.45, 2.75) is 20.0 Å². The zero-order valence-corrected chi connectivity index (χ0v) is 11.2. The SMILES string of the molecule is COCCN(Cc1ccccn1)Cc1nnc(C)o1. The third-order valence-corrected chi connectivity index (χ3v) is 2.65. The summed E-state index contributed by atoms with van der Waals surface area (Å²) in [6.45, 7) is 4.55. The van der Waals surface area contributed by atoms with Crippen LogP contribution in [-0.2, 0) is 17.8 Å². The van der Waals surface area contributed by atoms with Gasteiger partial charge in [-0.05, 0) is 12.1 Å². The molecule has 6 heteroatoms. The van der Waals surface area contributed by atoms with Crippen LogP contribution in [0.2, 0.25) is 0 Å². The van der Waals surface area contributed by atoms with Gasteiger partial charge >= 0.3 is 0 Å². The van der Waals surface area contributed by atoms with E-state index in [0.717, 1.165) is 18.8 Å². The lowest BCUT2D eigenvalue weighted by Crippen LogP contribution is -2.27. The molecule has 0 fully saturated rings. The Morgan fingerprint density at radius 2 is 2.16 bits per heavy atom. The zero-order valence-electron chi connectivity index (χ0n) is 11.2. The van der Waals surface area contributed by atoms with Gasteiger partial charge in [-0.15, -0.1) is 10.2 Å². The van der Waals surface area contributed by atoms with Gasteiger partial charge in [0.25, 0.3) is 0 Å². The summed E-state index contributed by atoms with van der Waals surface area (Å²) in [6, 6.07) is 5.89. The highest BCUT2D eigenvalue weighted by Crippen LogP contribution is 2.07. The average molecular weight is 262 g/mol. The molecule has 0 saturated heterocycles. The van der Waals surface area contributed by atoms with Gasteiger partial charge in [-0.1, -0.05) is 6.07 Å². The predicted octanol–water partition coefficient (Wildman–Crippen LogP) is 1.42. The van der Waals surface area contributed by atoms with Gasteiger partial charge in [-0.3, -0.25) is 9.88 Å². The Balaban J connectivity index is 1.99. The maximum atomic E-state index is 5.41. The van der Waals surface area contributed by atoms with Crippen molar-refractivity contribution in [3.05, 3.63) is 41.9 Å². The fraction of sp³-hybridized carbons (Fsp3) is 0.462. The number of rotatable bonds is 7. The molecule has 6 nitrogen and oxygen atoms in total. The molecule has 2 aromatic rings. The van der Waals surface area contributed by atoms with E-state index in [4.69, 9.17) is 9.15 Å². The number of hydrogen-bond donors (Lipinski definition) is 0. The topological polar surface area (TPSA) is 64.3 Å². The summed E-state index contributed by atoms with van der Waals surface area (Å²) in [7, 11) is 1.69. The summed E-state index contributed by atoms with van der Waals surface area (Å²) >= 11 is 0. The molecular formula is C13H18N4O2. The van der Waals surface area contributed by atoms with Crippen LogP contribution in [0.25, 0.3) is 0 Å². The maximum Gasteiger partial charge on any atom is 0.230 e. The highest BCUT2D eigenvalue weighted by atomic mass is 16.5. The largest absolute Gasteiger partial charge is 0.424 e. The van der Waals surface area contributed by atoms with Gasteiger partial charge in [-0.2, -0.15) is 0 Å². The van der Waals surface area contributed by atoms with Crippen molar-refractivity contribution in [3.8, 4) is 0 Å². The smallest absolute Gasteiger partial charge is 0.230 e. The van der Waals surface area contributed by atoms with Crippen LogP contribution in [0.5, 0.6) is 0 Å². The minimum atomic E-state index is 0.583. The summed E-state index contributed by atoms with van der Waals surface area (Å²) in [5, 5.41) is 7.85. The van der Waals surface area contributed by atoms with E-state index < -0.39 is 0 Å². The molecule has 19 heavy (non-hydrogen) atoms. The van der Waals surface area contributed by atoms with Crippen molar-refractivity contribution in [1.29, 1.82) is 0 Å². The third kappa shape index (κ3) is 4.42. The van der Waals surface area contributed by atoms with Crippen LogP contribution < -0.4 is 0 Å². The zero-order chi connectivity index (χ0) is 13.5. The normalized spacial score (nSPS) is 11.1. The predicted molar refractivity (Wildman–Crippen MR) is 69.3 cm³/mol. The van der Waals surface area contributed by atoms with Crippen molar-refractivity contribution in [2.24, 2.45) is 0 Å². The lowest BCUT2D eigenvalue weighted by atomic mass is 10.3. The van der Waals surface area contributed by atoms with Gasteiger partial charge in [0, 0.05) is 33.3 Å². The minimum absolute atomic E-state index is 0.583. The molecule has 102 valence electrons. The van der Waals surface area contributed by atoms with Crippen molar-refractivity contribution >= 4 is 0 Å². The van der Waals surface area contributed by atoms with Crippen molar-refractivity contribution in [3.63, 3.8) is 0 Å². The number of aryl methyl sites for hydroxylation is 1. The van der Waals surface area contributed by atoms with Gasteiger partial charge in [0.2, 0.25) is 11.8 Å². The highest BCUT2D eigenvalue weighted by Gasteiger charge is 2.11. The molecule has 0 spiro atoms. The maximum absolute atomic E-state index is 5.41. The lowest BCUT2D eigenvalue weighted by molar-refractivity contribution is 0.132. The summed E-state index contributed by atoms with van der Waals surface area (Å²) in [5.74, 6) is 1.20. The average Bonchev–Trinajstić information content (AvgIpc) is 2.82. The van der Waals surface area contributed by atoms with Gasteiger partial charge in [0.05, 0.1) is 18.8 Å². The molecule has 2 aromatic heterocycles. The third-order valence-electron chi connectivity index (χ3n) is 2.65. The van der Waals surface area contributed by atoms with E-state index in [9.17, 15) is 0 Å². The summed E-state index contributed by atoms with van der Waals surface area (Å²) in [4.78, 5) is 6.49. The molecule has 0 saturated carbocycles.